The van der Waals surface area contributed by atoms with E-state index in [0.29, 0.717) is 5.69 Å². The molecule has 2 rings (SSSR count). The van der Waals surface area contributed by atoms with Gasteiger partial charge in [-0.05, 0) is 28.5 Å². The van der Waals surface area contributed by atoms with Crippen molar-refractivity contribution in [2.45, 2.75) is 0 Å². The second-order valence-electron chi connectivity index (χ2n) is 2.73. The molecule has 0 atom stereocenters. The lowest BCUT2D eigenvalue weighted by Gasteiger charge is -2.00. The highest BCUT2D eigenvalue weighted by Crippen LogP contribution is 2.30. The number of hydrogen-bond donors (Lipinski definition) is 0. The van der Waals surface area contributed by atoms with E-state index < -0.39 is 0 Å². The second-order valence-corrected chi connectivity index (χ2v) is 3.51. The summed E-state index contributed by atoms with van der Waals surface area (Å²) in [5, 5.41) is 4.02. The van der Waals surface area contributed by atoms with Gasteiger partial charge < -0.3 is 0 Å². The first-order valence-electron chi connectivity index (χ1n) is 4.11. The molecular formula is C11H7NOS. The lowest BCUT2D eigenvalue weighted by molar-refractivity contribution is 0.565. The summed E-state index contributed by atoms with van der Waals surface area (Å²) in [6, 6.07) is 9.53. The number of thiophene rings is 1. The molecule has 0 amide bonds. The number of hydrogen-bond acceptors (Lipinski definition) is 3. The third kappa shape index (κ3) is 1.64. The summed E-state index contributed by atoms with van der Waals surface area (Å²) >= 11 is 1.62. The number of isocyanates is 1. The van der Waals surface area contributed by atoms with Crippen molar-refractivity contribution in [1.82, 2.24) is 0 Å². The average molecular weight is 201 g/mol. The zero-order valence-corrected chi connectivity index (χ0v) is 8.12. The predicted octanol–water partition coefficient (Wildman–Crippen LogP) is 3.38. The smallest absolute Gasteiger partial charge is 0.211 e. The molecule has 0 spiro atoms. The van der Waals surface area contributed by atoms with Crippen molar-refractivity contribution in [3.63, 3.8) is 0 Å². The minimum Gasteiger partial charge on any atom is -0.211 e. The van der Waals surface area contributed by atoms with Gasteiger partial charge in [0.2, 0.25) is 6.08 Å². The molecule has 0 aliphatic heterocycles. The molecule has 3 heteroatoms. The van der Waals surface area contributed by atoms with Crippen molar-refractivity contribution in [3.05, 3.63) is 41.1 Å². The molecule has 0 aliphatic rings. The summed E-state index contributed by atoms with van der Waals surface area (Å²) in [5.41, 5.74) is 2.72. The summed E-state index contributed by atoms with van der Waals surface area (Å²) in [4.78, 5) is 13.9. The van der Waals surface area contributed by atoms with Crippen LogP contribution in [0.3, 0.4) is 0 Å². The maximum atomic E-state index is 10.2. The molecule has 14 heavy (non-hydrogen) atoms. The lowest BCUT2D eigenvalue weighted by Crippen LogP contribution is -1.74. The summed E-state index contributed by atoms with van der Waals surface area (Å²) < 4.78 is 0. The van der Waals surface area contributed by atoms with E-state index in [9.17, 15) is 4.79 Å². The Morgan fingerprint density at radius 1 is 1.21 bits per heavy atom. The molecule has 0 saturated heterocycles. The Labute approximate surface area is 85.6 Å². The molecule has 1 aromatic heterocycles. The molecule has 2 nitrogen and oxygen atoms in total. The molecule has 68 valence electrons. The fraction of sp³-hybridized carbons (Fsp3) is 0. The number of rotatable bonds is 2. The summed E-state index contributed by atoms with van der Waals surface area (Å²) in [6.07, 6.45) is 1.56. The molecule has 0 fully saturated rings. The van der Waals surface area contributed by atoms with Gasteiger partial charge in [0, 0.05) is 5.56 Å². The molecule has 1 heterocycles. The van der Waals surface area contributed by atoms with E-state index in [1.807, 2.05) is 35.0 Å². The Kier molecular flexibility index (Phi) is 2.54. The molecule has 0 aliphatic carbocycles. The van der Waals surface area contributed by atoms with Gasteiger partial charge in [0.05, 0.1) is 5.69 Å². The van der Waals surface area contributed by atoms with Crippen LogP contribution in [0.5, 0.6) is 0 Å². The van der Waals surface area contributed by atoms with Crippen LogP contribution in [0.4, 0.5) is 5.69 Å². The molecule has 0 radical (unpaired) electrons. The fourth-order valence-corrected chi connectivity index (χ4v) is 1.94. The Morgan fingerprint density at radius 2 is 2.07 bits per heavy atom. The van der Waals surface area contributed by atoms with Crippen molar-refractivity contribution >= 4 is 23.1 Å². The van der Waals surface area contributed by atoms with Crippen LogP contribution >= 0.6 is 11.3 Å². The van der Waals surface area contributed by atoms with Crippen LogP contribution in [-0.2, 0) is 4.79 Å². The minimum atomic E-state index is 0.668. The number of carbonyl (C=O) groups excluding carboxylic acids is 1. The van der Waals surface area contributed by atoms with E-state index in [1.54, 1.807) is 23.5 Å². The molecule has 0 bridgehead atoms. The third-order valence-electron chi connectivity index (χ3n) is 1.90. The van der Waals surface area contributed by atoms with Crippen LogP contribution in [0, 0.1) is 0 Å². The second kappa shape index (κ2) is 4.01. The summed E-state index contributed by atoms with van der Waals surface area (Å²) in [5.74, 6) is 0. The maximum Gasteiger partial charge on any atom is 0.240 e. The zero-order chi connectivity index (χ0) is 9.80. The SMILES string of the molecule is O=C=Nc1ccccc1-c1ccsc1. The lowest BCUT2D eigenvalue weighted by atomic mass is 10.1. The van der Waals surface area contributed by atoms with Gasteiger partial charge in [-0.25, -0.2) is 4.79 Å². The summed E-state index contributed by atoms with van der Waals surface area (Å²) in [7, 11) is 0. The van der Waals surface area contributed by atoms with Crippen molar-refractivity contribution in [2.24, 2.45) is 4.99 Å². The van der Waals surface area contributed by atoms with Gasteiger partial charge in [-0.15, -0.1) is 0 Å². The molecule has 0 N–H and O–H groups in total. The molecule has 2 aromatic rings. The predicted molar refractivity (Wildman–Crippen MR) is 57.5 cm³/mol. The van der Waals surface area contributed by atoms with Crippen molar-refractivity contribution in [3.8, 4) is 11.1 Å². The highest BCUT2D eigenvalue weighted by molar-refractivity contribution is 7.08. The van der Waals surface area contributed by atoms with E-state index in [0.717, 1.165) is 11.1 Å². The minimum absolute atomic E-state index is 0.668. The van der Waals surface area contributed by atoms with Crippen LogP contribution in [0.25, 0.3) is 11.1 Å². The van der Waals surface area contributed by atoms with E-state index in [-0.39, 0.29) is 0 Å². The van der Waals surface area contributed by atoms with Gasteiger partial charge in [0.1, 0.15) is 0 Å². The van der Waals surface area contributed by atoms with Crippen LogP contribution in [0.1, 0.15) is 0 Å². The standard InChI is InChI=1S/C11H7NOS/c13-8-12-11-4-2-1-3-10(11)9-5-6-14-7-9/h1-7H. The van der Waals surface area contributed by atoms with Gasteiger partial charge in [0.25, 0.3) is 0 Å². The Balaban J connectivity index is 2.57. The zero-order valence-electron chi connectivity index (χ0n) is 7.31. The number of para-hydroxylation sites is 1. The van der Waals surface area contributed by atoms with E-state index in [4.69, 9.17) is 0 Å². The molecule has 1 aromatic carbocycles. The first-order chi connectivity index (χ1) is 6.92. The Morgan fingerprint density at radius 3 is 2.79 bits per heavy atom. The van der Waals surface area contributed by atoms with Crippen LogP contribution in [-0.4, -0.2) is 6.08 Å². The molecule has 0 unspecified atom stereocenters. The monoisotopic (exact) mass is 201 g/mol. The van der Waals surface area contributed by atoms with Crippen molar-refractivity contribution in [1.29, 1.82) is 0 Å². The Bertz CT molecular complexity index is 470. The quantitative estimate of drug-likeness (QED) is 0.541. The summed E-state index contributed by atoms with van der Waals surface area (Å²) in [6.45, 7) is 0. The van der Waals surface area contributed by atoms with Crippen molar-refractivity contribution in [2.75, 3.05) is 0 Å². The molecule has 0 saturated carbocycles. The van der Waals surface area contributed by atoms with Crippen LogP contribution in [0.2, 0.25) is 0 Å². The number of nitrogens with zero attached hydrogens (tertiary/aromatic N) is 1. The van der Waals surface area contributed by atoms with Crippen LogP contribution < -0.4 is 0 Å². The highest BCUT2D eigenvalue weighted by Gasteiger charge is 2.02. The highest BCUT2D eigenvalue weighted by atomic mass is 32.1. The van der Waals surface area contributed by atoms with E-state index in [1.165, 1.54) is 0 Å². The number of benzene rings is 1. The van der Waals surface area contributed by atoms with Crippen LogP contribution in [0.15, 0.2) is 46.1 Å². The van der Waals surface area contributed by atoms with Crippen molar-refractivity contribution < 1.29 is 4.79 Å². The first kappa shape index (κ1) is 8.88. The molecular weight excluding hydrogens is 194 g/mol. The maximum absolute atomic E-state index is 10.2. The fourth-order valence-electron chi connectivity index (χ4n) is 1.28. The number of aliphatic imine (C=N–C) groups is 1. The average Bonchev–Trinajstić information content (AvgIpc) is 2.72. The van der Waals surface area contributed by atoms with Gasteiger partial charge in [-0.2, -0.15) is 16.3 Å². The van der Waals surface area contributed by atoms with Gasteiger partial charge in [-0.3, -0.25) is 0 Å². The topological polar surface area (TPSA) is 29.4 Å². The normalized spacial score (nSPS) is 9.43. The van der Waals surface area contributed by atoms with E-state index >= 15 is 0 Å². The van der Waals surface area contributed by atoms with Gasteiger partial charge in [0.15, 0.2) is 0 Å². The first-order valence-corrected chi connectivity index (χ1v) is 5.05. The van der Waals surface area contributed by atoms with E-state index in [2.05, 4.69) is 4.99 Å². The third-order valence-corrected chi connectivity index (χ3v) is 2.59. The largest absolute Gasteiger partial charge is 0.240 e. The van der Waals surface area contributed by atoms with Gasteiger partial charge in [-0.1, -0.05) is 18.2 Å². The van der Waals surface area contributed by atoms with Gasteiger partial charge >= 0.3 is 0 Å². The Hall–Kier alpha value is -1.70.